The molecule has 1 aromatic carbocycles. The Morgan fingerprint density at radius 2 is 2.10 bits per heavy atom. The summed E-state index contributed by atoms with van der Waals surface area (Å²) < 4.78 is 0. The van der Waals surface area contributed by atoms with E-state index in [0.29, 0.717) is 22.0 Å². The number of carboxylic acids is 1. The summed E-state index contributed by atoms with van der Waals surface area (Å²) in [4.78, 5) is 38.4. The molecule has 1 aromatic heterocycles. The summed E-state index contributed by atoms with van der Waals surface area (Å²) >= 11 is 2.58. The smallest absolute Gasteiger partial charge is 0.352 e. The number of nitrogens with zero attached hydrogens (tertiary/aromatic N) is 4. The molecule has 0 saturated carbocycles. The summed E-state index contributed by atoms with van der Waals surface area (Å²) in [7, 11) is 0. The second-order valence-electron chi connectivity index (χ2n) is 6.84. The SMILES string of the molecule is CC(Sc1nn[nH]n1)C1=C(C(=O)O)N2C(=O)C(NC(=O)C(O)c3ccccc3)[C@@H]2SC1. The van der Waals surface area contributed by atoms with Gasteiger partial charge in [-0.1, -0.05) is 42.1 Å². The van der Waals surface area contributed by atoms with Gasteiger partial charge in [0.25, 0.3) is 11.8 Å². The molecule has 2 aliphatic heterocycles. The molecule has 2 aromatic rings. The van der Waals surface area contributed by atoms with Crippen molar-refractivity contribution in [2.45, 2.75) is 34.8 Å². The summed E-state index contributed by atoms with van der Waals surface area (Å²) in [5.41, 5.74) is 0.873. The maximum atomic E-state index is 12.8. The van der Waals surface area contributed by atoms with Crippen LogP contribution in [0.3, 0.4) is 0 Å². The number of thioether (sulfide) groups is 2. The van der Waals surface area contributed by atoms with E-state index in [1.165, 1.54) is 28.4 Å². The number of benzene rings is 1. The first-order valence-corrected chi connectivity index (χ1v) is 11.2. The van der Waals surface area contributed by atoms with E-state index in [1.54, 1.807) is 37.3 Å². The van der Waals surface area contributed by atoms with Crippen LogP contribution in [-0.4, -0.2) is 75.9 Å². The lowest BCUT2D eigenvalue weighted by Gasteiger charge is -2.50. The molecular formula is C18H18N6O5S2. The Bertz CT molecular complexity index is 1030. The number of aliphatic carboxylic acids is 1. The third-order valence-electron chi connectivity index (χ3n) is 4.96. The Hall–Kier alpha value is -2.90. The predicted octanol–water partition coefficient (Wildman–Crippen LogP) is 0.153. The van der Waals surface area contributed by atoms with Gasteiger partial charge >= 0.3 is 5.97 Å². The Labute approximate surface area is 184 Å². The molecule has 162 valence electrons. The molecule has 4 rings (SSSR count). The Morgan fingerprint density at radius 3 is 2.74 bits per heavy atom. The molecule has 13 heteroatoms. The first-order valence-electron chi connectivity index (χ1n) is 9.23. The minimum Gasteiger partial charge on any atom is -0.477 e. The van der Waals surface area contributed by atoms with Crippen LogP contribution in [0.25, 0.3) is 0 Å². The normalized spacial score (nSPS) is 22.4. The van der Waals surface area contributed by atoms with E-state index in [9.17, 15) is 24.6 Å². The van der Waals surface area contributed by atoms with Gasteiger partial charge in [-0.25, -0.2) is 4.79 Å². The number of tetrazole rings is 1. The molecule has 0 radical (unpaired) electrons. The van der Waals surface area contributed by atoms with Crippen LogP contribution < -0.4 is 5.32 Å². The van der Waals surface area contributed by atoms with Crippen molar-refractivity contribution in [3.63, 3.8) is 0 Å². The van der Waals surface area contributed by atoms with Gasteiger partial charge in [0.05, 0.1) is 0 Å². The first kappa shape index (κ1) is 21.3. The van der Waals surface area contributed by atoms with Gasteiger partial charge in [-0.2, -0.15) is 5.21 Å². The highest BCUT2D eigenvalue weighted by molar-refractivity contribution is 8.01. The van der Waals surface area contributed by atoms with Crippen molar-refractivity contribution in [2.75, 3.05) is 5.75 Å². The molecule has 1 saturated heterocycles. The molecule has 3 unspecified atom stereocenters. The fourth-order valence-corrected chi connectivity index (χ4v) is 5.82. The largest absolute Gasteiger partial charge is 0.477 e. The molecule has 4 N–H and O–H groups in total. The molecule has 0 spiro atoms. The quantitative estimate of drug-likeness (QED) is 0.329. The molecule has 4 atom stereocenters. The molecule has 2 amide bonds. The fourth-order valence-electron chi connectivity index (χ4n) is 3.40. The lowest BCUT2D eigenvalue weighted by atomic mass is 10.0. The van der Waals surface area contributed by atoms with Crippen molar-refractivity contribution < 1.29 is 24.6 Å². The van der Waals surface area contributed by atoms with Crippen LogP contribution in [0.1, 0.15) is 18.6 Å². The van der Waals surface area contributed by atoms with Gasteiger partial charge in [0.1, 0.15) is 17.1 Å². The Morgan fingerprint density at radius 1 is 1.35 bits per heavy atom. The number of aliphatic hydroxyl groups excluding tert-OH is 1. The van der Waals surface area contributed by atoms with Crippen LogP contribution in [0.15, 0.2) is 46.8 Å². The number of fused-ring (bicyclic) bond motifs is 1. The standard InChI is InChI=1S/C18H18N6O5S2/c1-8(31-18-20-22-23-21-18)10-7-30-16-11(15(27)24(16)12(10)17(28)29)19-14(26)13(25)9-5-3-2-4-6-9/h2-6,8,11,13,16,25H,7H2,1H3,(H,19,26)(H,28,29)(H,20,21,22,23)/t8?,11?,13?,16-/m0/s1. The van der Waals surface area contributed by atoms with E-state index in [0.717, 1.165) is 0 Å². The monoisotopic (exact) mass is 462 g/mol. The van der Waals surface area contributed by atoms with Crippen LogP contribution in [-0.2, 0) is 14.4 Å². The fraction of sp³-hybridized carbons (Fsp3) is 0.333. The molecule has 1 fully saturated rings. The number of hydrogen-bond acceptors (Lipinski definition) is 9. The molecule has 2 aliphatic rings. The van der Waals surface area contributed by atoms with E-state index in [4.69, 9.17) is 0 Å². The number of carbonyl (C=O) groups excluding carboxylic acids is 2. The number of β-lactam (4-membered cyclic amide) rings is 1. The number of hydrogen-bond donors (Lipinski definition) is 4. The number of aliphatic hydroxyl groups is 1. The van der Waals surface area contributed by atoms with Crippen molar-refractivity contribution in [1.82, 2.24) is 30.8 Å². The number of carbonyl (C=O) groups is 3. The average molecular weight is 463 g/mol. The number of rotatable bonds is 7. The van der Waals surface area contributed by atoms with Crippen LogP contribution >= 0.6 is 23.5 Å². The number of amides is 2. The maximum Gasteiger partial charge on any atom is 0.352 e. The third-order valence-corrected chi connectivity index (χ3v) is 7.28. The lowest BCUT2D eigenvalue weighted by Crippen LogP contribution is -2.71. The molecule has 11 nitrogen and oxygen atoms in total. The van der Waals surface area contributed by atoms with Crippen molar-refractivity contribution in [2.24, 2.45) is 0 Å². The summed E-state index contributed by atoms with van der Waals surface area (Å²) in [6.07, 6.45) is -1.42. The zero-order valence-corrected chi connectivity index (χ0v) is 17.8. The zero-order valence-electron chi connectivity index (χ0n) is 16.1. The van der Waals surface area contributed by atoms with Crippen LogP contribution in [0.4, 0.5) is 0 Å². The van der Waals surface area contributed by atoms with Crippen LogP contribution in [0.5, 0.6) is 0 Å². The van der Waals surface area contributed by atoms with Gasteiger partial charge in [-0.3, -0.25) is 14.5 Å². The van der Waals surface area contributed by atoms with Gasteiger partial charge in [-0.05, 0) is 23.3 Å². The Balaban J connectivity index is 1.49. The molecule has 0 bridgehead atoms. The number of nitrogens with one attached hydrogen (secondary N) is 2. The van der Waals surface area contributed by atoms with Crippen molar-refractivity contribution >= 4 is 41.3 Å². The third kappa shape index (κ3) is 4.03. The second kappa shape index (κ2) is 8.69. The van der Waals surface area contributed by atoms with E-state index < -0.39 is 35.3 Å². The molecule has 31 heavy (non-hydrogen) atoms. The molecule has 3 heterocycles. The minimum absolute atomic E-state index is 0.0913. The van der Waals surface area contributed by atoms with Gasteiger partial charge in [0.15, 0.2) is 6.10 Å². The number of aromatic nitrogens is 4. The summed E-state index contributed by atoms with van der Waals surface area (Å²) in [6.45, 7) is 1.81. The number of H-pyrrole nitrogens is 1. The van der Waals surface area contributed by atoms with E-state index in [1.807, 2.05) is 0 Å². The predicted molar refractivity (Wildman–Crippen MR) is 111 cm³/mol. The minimum atomic E-state index is -1.42. The number of aromatic amines is 1. The summed E-state index contributed by atoms with van der Waals surface area (Å²) in [5.74, 6) is -2.10. The highest BCUT2D eigenvalue weighted by Crippen LogP contribution is 2.43. The lowest BCUT2D eigenvalue weighted by molar-refractivity contribution is -0.151. The summed E-state index contributed by atoms with van der Waals surface area (Å²) in [6, 6.07) is 7.45. The highest BCUT2D eigenvalue weighted by Gasteiger charge is 2.54. The van der Waals surface area contributed by atoms with Crippen LogP contribution in [0.2, 0.25) is 0 Å². The van der Waals surface area contributed by atoms with Crippen molar-refractivity contribution in [3.05, 3.63) is 47.2 Å². The van der Waals surface area contributed by atoms with E-state index >= 15 is 0 Å². The van der Waals surface area contributed by atoms with Gasteiger partial charge < -0.3 is 15.5 Å². The van der Waals surface area contributed by atoms with Gasteiger partial charge in [-0.15, -0.1) is 22.0 Å². The van der Waals surface area contributed by atoms with Crippen molar-refractivity contribution in [3.8, 4) is 0 Å². The molecule has 0 aliphatic carbocycles. The van der Waals surface area contributed by atoms with Crippen molar-refractivity contribution in [1.29, 1.82) is 0 Å². The first-order chi connectivity index (χ1) is 14.9. The van der Waals surface area contributed by atoms with Gasteiger partial charge in [0, 0.05) is 11.0 Å². The highest BCUT2D eigenvalue weighted by atomic mass is 32.2. The zero-order chi connectivity index (χ0) is 22.1. The second-order valence-corrected chi connectivity index (χ2v) is 9.26. The number of carboxylic acid groups (broad SMARTS) is 1. The molecular weight excluding hydrogens is 444 g/mol. The van der Waals surface area contributed by atoms with E-state index in [2.05, 4.69) is 25.9 Å². The van der Waals surface area contributed by atoms with Gasteiger partial charge in [0.2, 0.25) is 5.16 Å². The van der Waals surface area contributed by atoms with Crippen LogP contribution in [0, 0.1) is 0 Å². The summed E-state index contributed by atoms with van der Waals surface area (Å²) in [5, 5.41) is 35.6. The maximum absolute atomic E-state index is 12.8. The average Bonchev–Trinajstić information content (AvgIpc) is 3.29. The van der Waals surface area contributed by atoms with E-state index in [-0.39, 0.29) is 10.9 Å². The topological polar surface area (TPSA) is 161 Å². The Kier molecular flexibility index (Phi) is 5.98.